The minimum atomic E-state index is -3.75. The fourth-order valence-electron chi connectivity index (χ4n) is 5.55. The summed E-state index contributed by atoms with van der Waals surface area (Å²) < 4.78 is 30.1. The fourth-order valence-corrected chi connectivity index (χ4v) is 6.99. The summed E-state index contributed by atoms with van der Waals surface area (Å²) in [6.45, 7) is 5.81. The molecule has 1 saturated carbocycles. The summed E-state index contributed by atoms with van der Waals surface area (Å²) in [5.41, 5.74) is 0.248. The van der Waals surface area contributed by atoms with Gasteiger partial charge in [-0.1, -0.05) is 32.1 Å². The maximum absolute atomic E-state index is 13.4. The van der Waals surface area contributed by atoms with E-state index in [4.69, 9.17) is 0 Å². The molecule has 0 spiro atoms. The molecule has 0 radical (unpaired) electrons. The molecule has 0 atom stereocenters. The van der Waals surface area contributed by atoms with Gasteiger partial charge in [-0.15, -0.1) is 0 Å². The van der Waals surface area contributed by atoms with Crippen LogP contribution in [0.3, 0.4) is 0 Å². The van der Waals surface area contributed by atoms with Crippen LogP contribution >= 0.6 is 0 Å². The highest BCUT2D eigenvalue weighted by atomic mass is 32.2. The lowest BCUT2D eigenvalue weighted by molar-refractivity contribution is 0.0947. The van der Waals surface area contributed by atoms with Crippen molar-refractivity contribution in [3.05, 3.63) is 40.2 Å². The highest BCUT2D eigenvalue weighted by Crippen LogP contribution is 2.27. The molecule has 1 aromatic heterocycles. The number of sulfonamides is 1. The van der Waals surface area contributed by atoms with Gasteiger partial charge in [-0.25, -0.2) is 8.42 Å². The third-order valence-corrected chi connectivity index (χ3v) is 9.72. The van der Waals surface area contributed by atoms with Gasteiger partial charge in [0.25, 0.3) is 5.91 Å². The molecule has 36 heavy (non-hydrogen) atoms. The topological polar surface area (TPSA) is 91.7 Å². The highest BCUT2D eigenvalue weighted by molar-refractivity contribution is 7.89. The Morgan fingerprint density at radius 1 is 1.06 bits per heavy atom. The van der Waals surface area contributed by atoms with Gasteiger partial charge in [-0.05, 0) is 63.9 Å². The molecular weight excluding hydrogens is 476 g/mol. The van der Waals surface area contributed by atoms with Gasteiger partial charge >= 0.3 is 0 Å². The first-order valence-electron chi connectivity index (χ1n) is 13.5. The number of carbonyl (C=O) groups is 1. The number of rotatable bonds is 8. The normalized spacial score (nSPS) is 18.4. The first-order valence-corrected chi connectivity index (χ1v) is 14.9. The minimum Gasteiger partial charge on any atom is -0.351 e. The number of pyridine rings is 1. The van der Waals surface area contributed by atoms with E-state index in [0.29, 0.717) is 18.6 Å². The van der Waals surface area contributed by atoms with Crippen molar-refractivity contribution in [1.82, 2.24) is 19.1 Å². The molecule has 4 rings (SSSR count). The molecule has 0 unspecified atom stereocenters. The molecule has 1 saturated heterocycles. The Balaban J connectivity index is 1.58. The molecule has 1 N–H and O–H groups in total. The minimum absolute atomic E-state index is 0.0203. The predicted molar refractivity (Wildman–Crippen MR) is 143 cm³/mol. The summed E-state index contributed by atoms with van der Waals surface area (Å²) in [5.74, 6) is -0.411. The zero-order valence-electron chi connectivity index (χ0n) is 21.7. The molecule has 9 heteroatoms. The third-order valence-electron chi connectivity index (χ3n) is 7.82. The molecule has 2 fully saturated rings. The van der Waals surface area contributed by atoms with E-state index >= 15 is 0 Å². The summed E-state index contributed by atoms with van der Waals surface area (Å²) in [6.07, 6.45) is 11.4. The second kappa shape index (κ2) is 11.9. The smallest absolute Gasteiger partial charge is 0.256 e. The van der Waals surface area contributed by atoms with Crippen molar-refractivity contribution in [1.29, 1.82) is 0 Å². The summed E-state index contributed by atoms with van der Waals surface area (Å²) in [6, 6.07) is 4.69. The molecule has 8 nitrogen and oxygen atoms in total. The number of aromatic nitrogens is 1. The predicted octanol–water partition coefficient (Wildman–Crippen LogP) is 3.58. The number of fused-ring (bicyclic) bond motifs is 1. The molecule has 1 aliphatic carbocycles. The van der Waals surface area contributed by atoms with Crippen LogP contribution < -0.4 is 10.7 Å². The van der Waals surface area contributed by atoms with Crippen LogP contribution in [0.1, 0.15) is 75.1 Å². The van der Waals surface area contributed by atoms with Crippen molar-refractivity contribution in [3.8, 4) is 0 Å². The number of aryl methyl sites for hydroxylation is 1. The van der Waals surface area contributed by atoms with Crippen molar-refractivity contribution in [3.63, 3.8) is 0 Å². The van der Waals surface area contributed by atoms with Crippen LogP contribution in [-0.4, -0.2) is 67.4 Å². The van der Waals surface area contributed by atoms with Gasteiger partial charge in [-0.2, -0.15) is 4.31 Å². The van der Waals surface area contributed by atoms with E-state index in [1.165, 1.54) is 36.1 Å². The van der Waals surface area contributed by atoms with Crippen molar-refractivity contribution in [2.24, 2.45) is 0 Å². The summed E-state index contributed by atoms with van der Waals surface area (Å²) in [5, 5.41) is 3.17. The number of hydrogen-bond acceptors (Lipinski definition) is 5. The zero-order chi connectivity index (χ0) is 25.7. The molecule has 198 valence electrons. The monoisotopic (exact) mass is 516 g/mol. The van der Waals surface area contributed by atoms with Crippen LogP contribution in [0.5, 0.6) is 0 Å². The van der Waals surface area contributed by atoms with E-state index in [0.717, 1.165) is 51.7 Å². The molecule has 1 aliphatic heterocycles. The zero-order valence-corrected chi connectivity index (χ0v) is 22.5. The van der Waals surface area contributed by atoms with Crippen molar-refractivity contribution in [2.45, 2.75) is 82.2 Å². The van der Waals surface area contributed by atoms with Crippen LogP contribution in [0.15, 0.2) is 34.1 Å². The van der Waals surface area contributed by atoms with Crippen molar-refractivity contribution >= 4 is 26.8 Å². The number of benzene rings is 1. The molecule has 2 heterocycles. The third kappa shape index (κ3) is 5.84. The first kappa shape index (κ1) is 26.8. The average Bonchev–Trinajstić information content (AvgIpc) is 3.17. The maximum Gasteiger partial charge on any atom is 0.256 e. The lowest BCUT2D eigenvalue weighted by Gasteiger charge is -2.30. The maximum atomic E-state index is 13.4. The lowest BCUT2D eigenvalue weighted by Crippen LogP contribution is -2.38. The number of likely N-dealkylation sites (tertiary alicyclic amines) is 1. The van der Waals surface area contributed by atoms with Crippen LogP contribution in [0, 0.1) is 0 Å². The molecule has 1 aromatic carbocycles. The van der Waals surface area contributed by atoms with Crippen LogP contribution in [-0.2, 0) is 16.6 Å². The number of amides is 1. The molecule has 2 aromatic rings. The Bertz CT molecular complexity index is 1230. The van der Waals surface area contributed by atoms with Crippen LogP contribution in [0.4, 0.5) is 0 Å². The molecular formula is C27H40N4O4S. The number of carbonyl (C=O) groups excluding carboxylic acids is 1. The van der Waals surface area contributed by atoms with Crippen molar-refractivity contribution in [2.75, 3.05) is 33.2 Å². The Hall–Kier alpha value is -2.23. The van der Waals surface area contributed by atoms with E-state index in [9.17, 15) is 18.0 Å². The quantitative estimate of drug-likeness (QED) is 0.579. The number of hydrogen-bond donors (Lipinski definition) is 1. The molecule has 0 bridgehead atoms. The van der Waals surface area contributed by atoms with Gasteiger partial charge in [0.15, 0.2) is 0 Å². The lowest BCUT2D eigenvalue weighted by atomic mass is 9.96. The van der Waals surface area contributed by atoms with Gasteiger partial charge in [0.1, 0.15) is 5.56 Å². The van der Waals surface area contributed by atoms with Crippen LogP contribution in [0.25, 0.3) is 10.9 Å². The summed E-state index contributed by atoms with van der Waals surface area (Å²) in [7, 11) is -2.12. The largest absolute Gasteiger partial charge is 0.351 e. The second-order valence-corrected chi connectivity index (χ2v) is 12.2. The SMILES string of the molecule is CCn1cc(C(=O)NCCN2CCCCCC2)c(=O)c2cc(S(=O)(=O)N(C)C3CCCCC3)ccc21. The summed E-state index contributed by atoms with van der Waals surface area (Å²) in [4.78, 5) is 28.9. The van der Waals surface area contributed by atoms with Gasteiger partial charge in [0, 0.05) is 44.3 Å². The van der Waals surface area contributed by atoms with E-state index in [-0.39, 0.29) is 21.9 Å². The second-order valence-electron chi connectivity index (χ2n) is 10.2. The number of nitrogens with one attached hydrogen (secondary N) is 1. The molecule has 1 amide bonds. The highest BCUT2D eigenvalue weighted by Gasteiger charge is 2.29. The average molecular weight is 517 g/mol. The van der Waals surface area contributed by atoms with Gasteiger partial charge in [-0.3, -0.25) is 9.59 Å². The van der Waals surface area contributed by atoms with Gasteiger partial charge in [0.05, 0.1) is 10.4 Å². The Morgan fingerprint density at radius 2 is 1.72 bits per heavy atom. The Labute approximate surface area is 214 Å². The van der Waals surface area contributed by atoms with Crippen molar-refractivity contribution < 1.29 is 13.2 Å². The first-order chi connectivity index (χ1) is 17.3. The van der Waals surface area contributed by atoms with E-state index in [1.54, 1.807) is 25.4 Å². The fraction of sp³-hybridized carbons (Fsp3) is 0.630. The van der Waals surface area contributed by atoms with E-state index in [1.807, 2.05) is 11.5 Å². The summed E-state index contributed by atoms with van der Waals surface area (Å²) >= 11 is 0. The van der Waals surface area contributed by atoms with Gasteiger partial charge in [0.2, 0.25) is 15.5 Å². The van der Waals surface area contributed by atoms with E-state index in [2.05, 4.69) is 10.2 Å². The van der Waals surface area contributed by atoms with Gasteiger partial charge < -0.3 is 14.8 Å². The standard InChI is InChI=1S/C27H40N4O4S/c1-3-31-20-24(27(33)28-15-18-30-16-9-4-5-10-17-30)26(32)23-19-22(13-14-25(23)31)36(34,35)29(2)21-11-7-6-8-12-21/h13-14,19-21H,3-12,15-18H2,1-2H3,(H,28,33). The number of nitrogens with zero attached hydrogens (tertiary/aromatic N) is 3. The van der Waals surface area contributed by atoms with Crippen LogP contribution in [0.2, 0.25) is 0 Å². The Morgan fingerprint density at radius 3 is 2.39 bits per heavy atom. The Kier molecular flexibility index (Phi) is 8.85. The molecule has 2 aliphatic rings. The van der Waals surface area contributed by atoms with E-state index < -0.39 is 21.4 Å².